The summed E-state index contributed by atoms with van der Waals surface area (Å²) in [5.74, 6) is -1.17. The number of ether oxygens (including phenoxy) is 1. The van der Waals surface area contributed by atoms with Gasteiger partial charge in [-0.1, -0.05) is 20.8 Å². The number of alkyl halides is 3. The smallest absolute Gasteiger partial charge is 0.368 e. The number of halogens is 3. The number of hydrogen-bond donors (Lipinski definition) is 2. The molecule has 1 unspecified atom stereocenters. The minimum Gasteiger partial charge on any atom is -0.368 e. The molecule has 2 heterocycles. The minimum absolute atomic E-state index is 0.0198. The first-order chi connectivity index (χ1) is 13.9. The number of rotatable bonds is 4. The summed E-state index contributed by atoms with van der Waals surface area (Å²) in [5, 5.41) is 5.46. The van der Waals surface area contributed by atoms with Crippen LogP contribution in [0.1, 0.15) is 53.9 Å². The van der Waals surface area contributed by atoms with E-state index in [0.29, 0.717) is 18.0 Å². The number of nitrogens with zero attached hydrogens (tertiary/aromatic N) is 1. The van der Waals surface area contributed by atoms with Crippen molar-refractivity contribution in [2.24, 2.45) is 0 Å². The van der Waals surface area contributed by atoms with E-state index in [1.54, 1.807) is 0 Å². The molecule has 2 N–H and O–H groups in total. The van der Waals surface area contributed by atoms with Crippen LogP contribution in [0.15, 0.2) is 24.4 Å². The number of anilines is 2. The van der Waals surface area contributed by atoms with Crippen LogP contribution < -0.4 is 10.6 Å². The van der Waals surface area contributed by atoms with Crippen LogP contribution >= 0.6 is 11.3 Å². The van der Waals surface area contributed by atoms with Crippen molar-refractivity contribution in [1.82, 2.24) is 4.98 Å². The second kappa shape index (κ2) is 8.35. The van der Waals surface area contributed by atoms with Gasteiger partial charge in [0.25, 0.3) is 11.8 Å². The van der Waals surface area contributed by atoms with Gasteiger partial charge in [-0.15, -0.1) is 11.3 Å². The van der Waals surface area contributed by atoms with Crippen molar-refractivity contribution in [1.29, 1.82) is 0 Å². The first kappa shape index (κ1) is 22.2. The molecule has 0 bridgehead atoms. The first-order valence-electron chi connectivity index (χ1n) is 9.36. The molecule has 1 aromatic carbocycles. The minimum atomic E-state index is -4.72. The highest BCUT2D eigenvalue weighted by atomic mass is 32.1. The Hall–Kier alpha value is -2.46. The molecule has 1 aliphatic rings. The third-order valence-corrected chi connectivity index (χ3v) is 5.86. The maximum atomic E-state index is 13.6. The fraction of sp³-hybridized carbons (Fsp3) is 0.450. The highest BCUT2D eigenvalue weighted by Gasteiger charge is 2.35. The van der Waals surface area contributed by atoms with Crippen LogP contribution in [0, 0.1) is 0 Å². The molecular weight excluding hydrogens is 419 g/mol. The Labute approximate surface area is 175 Å². The fourth-order valence-corrected chi connectivity index (χ4v) is 3.75. The van der Waals surface area contributed by atoms with Gasteiger partial charge < -0.3 is 15.4 Å². The average molecular weight is 441 g/mol. The number of aromatic nitrogens is 1. The van der Waals surface area contributed by atoms with E-state index in [2.05, 4.69) is 15.6 Å². The normalized spacial score (nSPS) is 17.1. The molecule has 1 aliphatic heterocycles. The summed E-state index contributed by atoms with van der Waals surface area (Å²) in [6.45, 7) is 6.24. The van der Waals surface area contributed by atoms with E-state index in [9.17, 15) is 22.8 Å². The maximum Gasteiger partial charge on any atom is 0.418 e. The quantitative estimate of drug-likeness (QED) is 0.712. The lowest BCUT2D eigenvalue weighted by Crippen LogP contribution is -2.27. The predicted molar refractivity (Wildman–Crippen MR) is 108 cm³/mol. The lowest BCUT2D eigenvalue weighted by atomic mass is 9.98. The van der Waals surface area contributed by atoms with Crippen LogP contribution in [0.5, 0.6) is 0 Å². The zero-order valence-electron chi connectivity index (χ0n) is 16.7. The standard InChI is InChI=1S/C20H22F3N3O3S/c1-19(2,3)18-24-10-15(30-18)17(28)26-13-7-6-11(9-12(13)20(21,22)23)25-16(27)14-5-4-8-29-14/h6-7,9-10,14H,4-5,8H2,1-3H3,(H,25,27)(H,26,28). The predicted octanol–water partition coefficient (Wildman–Crippen LogP) is 4.83. The van der Waals surface area contributed by atoms with Crippen LogP contribution in [0.4, 0.5) is 24.5 Å². The van der Waals surface area contributed by atoms with Gasteiger partial charge in [-0.25, -0.2) is 4.98 Å². The summed E-state index contributed by atoms with van der Waals surface area (Å²) in [6, 6.07) is 3.23. The van der Waals surface area contributed by atoms with Crippen molar-refractivity contribution in [2.45, 2.75) is 51.3 Å². The summed E-state index contributed by atoms with van der Waals surface area (Å²) < 4.78 is 46.0. The number of benzene rings is 1. The Bertz CT molecular complexity index is 945. The van der Waals surface area contributed by atoms with E-state index < -0.39 is 35.3 Å². The van der Waals surface area contributed by atoms with Crippen LogP contribution in [0.2, 0.25) is 0 Å². The van der Waals surface area contributed by atoms with Gasteiger partial charge in [0.1, 0.15) is 11.0 Å². The summed E-state index contributed by atoms with van der Waals surface area (Å²) >= 11 is 1.13. The molecule has 0 saturated carbocycles. The highest BCUT2D eigenvalue weighted by molar-refractivity contribution is 7.13. The number of nitrogens with one attached hydrogen (secondary N) is 2. The van der Waals surface area contributed by atoms with E-state index in [4.69, 9.17) is 4.74 Å². The summed E-state index contributed by atoms with van der Waals surface area (Å²) in [7, 11) is 0. The number of carbonyl (C=O) groups excluding carboxylic acids is 2. The van der Waals surface area contributed by atoms with E-state index in [1.807, 2.05) is 20.8 Å². The molecule has 1 atom stereocenters. The van der Waals surface area contributed by atoms with Crippen molar-refractivity contribution in [3.63, 3.8) is 0 Å². The Kier molecular flexibility index (Phi) is 6.19. The van der Waals surface area contributed by atoms with Crippen molar-refractivity contribution in [3.05, 3.63) is 39.8 Å². The van der Waals surface area contributed by atoms with Gasteiger partial charge in [0, 0.05) is 17.7 Å². The summed E-state index contributed by atoms with van der Waals surface area (Å²) in [5.41, 5.74) is -1.74. The number of amides is 2. The molecule has 0 radical (unpaired) electrons. The number of thiazole rings is 1. The highest BCUT2D eigenvalue weighted by Crippen LogP contribution is 2.37. The lowest BCUT2D eigenvalue weighted by Gasteiger charge is -2.16. The van der Waals surface area contributed by atoms with E-state index >= 15 is 0 Å². The monoisotopic (exact) mass is 441 g/mol. The van der Waals surface area contributed by atoms with E-state index in [0.717, 1.165) is 29.9 Å². The average Bonchev–Trinajstić information content (AvgIpc) is 3.33. The topological polar surface area (TPSA) is 80.3 Å². The van der Waals surface area contributed by atoms with Gasteiger partial charge in [0.15, 0.2) is 0 Å². The molecule has 0 spiro atoms. The molecule has 3 rings (SSSR count). The third kappa shape index (κ3) is 5.17. The Morgan fingerprint density at radius 1 is 1.20 bits per heavy atom. The van der Waals surface area contributed by atoms with Crippen LogP contribution in [0.25, 0.3) is 0 Å². The van der Waals surface area contributed by atoms with Crippen molar-refractivity contribution < 1.29 is 27.5 Å². The molecular formula is C20H22F3N3O3S. The van der Waals surface area contributed by atoms with Crippen molar-refractivity contribution >= 4 is 34.5 Å². The van der Waals surface area contributed by atoms with Gasteiger partial charge in [-0.2, -0.15) is 13.2 Å². The first-order valence-corrected chi connectivity index (χ1v) is 10.2. The van der Waals surface area contributed by atoms with Gasteiger partial charge in [0.05, 0.1) is 22.5 Å². The zero-order valence-corrected chi connectivity index (χ0v) is 17.5. The molecule has 0 aliphatic carbocycles. The molecule has 1 fully saturated rings. The summed E-state index contributed by atoms with van der Waals surface area (Å²) in [6.07, 6.45) is -2.79. The van der Waals surface area contributed by atoms with Gasteiger partial charge >= 0.3 is 6.18 Å². The van der Waals surface area contributed by atoms with Crippen LogP contribution in [0.3, 0.4) is 0 Å². The molecule has 1 saturated heterocycles. The van der Waals surface area contributed by atoms with Crippen LogP contribution in [-0.4, -0.2) is 29.5 Å². The Morgan fingerprint density at radius 3 is 2.50 bits per heavy atom. The van der Waals surface area contributed by atoms with E-state index in [1.165, 1.54) is 12.3 Å². The van der Waals surface area contributed by atoms with Crippen LogP contribution in [-0.2, 0) is 21.1 Å². The molecule has 2 amide bonds. The third-order valence-electron chi connectivity index (χ3n) is 4.43. The molecule has 30 heavy (non-hydrogen) atoms. The second-order valence-electron chi connectivity index (χ2n) is 7.98. The fourth-order valence-electron chi connectivity index (χ4n) is 2.88. The molecule has 6 nitrogen and oxygen atoms in total. The van der Waals surface area contributed by atoms with Crippen molar-refractivity contribution in [2.75, 3.05) is 17.2 Å². The van der Waals surface area contributed by atoms with E-state index in [-0.39, 0.29) is 16.0 Å². The zero-order chi connectivity index (χ0) is 22.1. The summed E-state index contributed by atoms with van der Waals surface area (Å²) in [4.78, 5) is 29.0. The molecule has 162 valence electrons. The Balaban J connectivity index is 1.80. The molecule has 10 heteroatoms. The molecule has 1 aromatic heterocycles. The molecule has 2 aromatic rings. The number of carbonyl (C=O) groups is 2. The van der Waals surface area contributed by atoms with Gasteiger partial charge in [0.2, 0.25) is 0 Å². The lowest BCUT2D eigenvalue weighted by molar-refractivity contribution is -0.137. The largest absolute Gasteiger partial charge is 0.418 e. The van der Waals surface area contributed by atoms with Crippen molar-refractivity contribution in [3.8, 4) is 0 Å². The van der Waals surface area contributed by atoms with Gasteiger partial charge in [-0.05, 0) is 31.0 Å². The maximum absolute atomic E-state index is 13.6. The SMILES string of the molecule is CC(C)(C)c1ncc(C(=O)Nc2ccc(NC(=O)C3CCCO3)cc2C(F)(F)F)s1. The van der Waals surface area contributed by atoms with Gasteiger partial charge in [-0.3, -0.25) is 9.59 Å². The Morgan fingerprint density at radius 2 is 1.93 bits per heavy atom. The second-order valence-corrected chi connectivity index (χ2v) is 9.01. The number of hydrogen-bond acceptors (Lipinski definition) is 5.